The summed E-state index contributed by atoms with van der Waals surface area (Å²) in [5.74, 6) is 6.23. The van der Waals surface area contributed by atoms with E-state index in [1.54, 1.807) is 0 Å². The lowest BCUT2D eigenvalue weighted by molar-refractivity contribution is -0.137. The van der Waals surface area contributed by atoms with Gasteiger partial charge < -0.3 is 11.1 Å². The van der Waals surface area contributed by atoms with Crippen molar-refractivity contribution in [1.29, 1.82) is 0 Å². The summed E-state index contributed by atoms with van der Waals surface area (Å²) in [7, 11) is 0. The number of hydrogen-bond donors (Lipinski definition) is 2. The van der Waals surface area contributed by atoms with Gasteiger partial charge in [-0.25, -0.2) is 0 Å². The molecule has 0 aliphatic rings. The smallest absolute Gasteiger partial charge is 0.370 e. The number of halogens is 4. The number of nitrogens with zero attached hydrogens (tertiary/aromatic N) is 1. The molecular weight excluding hydrogens is 418 g/mol. The first-order chi connectivity index (χ1) is 10.3. The molecule has 0 aliphatic heterocycles. The maximum atomic E-state index is 12.5. The van der Waals surface area contributed by atoms with Crippen LogP contribution in [0.5, 0.6) is 0 Å². The minimum Gasteiger partial charge on any atom is -0.370 e. The molecule has 0 spiro atoms. The van der Waals surface area contributed by atoms with E-state index >= 15 is 0 Å². The minimum atomic E-state index is -4.36. The fourth-order valence-corrected chi connectivity index (χ4v) is 1.55. The van der Waals surface area contributed by atoms with Crippen molar-refractivity contribution in [2.45, 2.75) is 26.4 Å². The highest BCUT2D eigenvalue weighted by molar-refractivity contribution is 14.0. The maximum absolute atomic E-state index is 12.5. The van der Waals surface area contributed by atoms with E-state index in [2.05, 4.69) is 36.0 Å². The van der Waals surface area contributed by atoms with Gasteiger partial charge in [0.25, 0.3) is 0 Å². The van der Waals surface area contributed by atoms with Gasteiger partial charge in [0.15, 0.2) is 5.96 Å². The summed E-state index contributed by atoms with van der Waals surface area (Å²) in [4.78, 5) is 4.12. The molecule has 0 amide bonds. The molecule has 1 aromatic carbocycles. The highest BCUT2D eigenvalue weighted by atomic mass is 127. The highest BCUT2D eigenvalue weighted by Gasteiger charge is 2.30. The van der Waals surface area contributed by atoms with Gasteiger partial charge in [-0.05, 0) is 30.5 Å². The minimum absolute atomic E-state index is 0. The largest absolute Gasteiger partial charge is 0.416 e. The van der Waals surface area contributed by atoms with Gasteiger partial charge in [-0.2, -0.15) is 13.2 Å². The van der Waals surface area contributed by atoms with Crippen LogP contribution in [-0.2, 0) is 6.18 Å². The number of rotatable bonds is 4. The number of benzene rings is 1. The van der Waals surface area contributed by atoms with Gasteiger partial charge in [0.05, 0.1) is 12.1 Å². The summed E-state index contributed by atoms with van der Waals surface area (Å²) in [6.07, 6.45) is -3.41. The average molecular weight is 439 g/mol. The van der Waals surface area contributed by atoms with Crippen molar-refractivity contribution in [1.82, 2.24) is 5.32 Å². The zero-order valence-electron chi connectivity index (χ0n) is 13.1. The zero-order valence-corrected chi connectivity index (χ0v) is 15.4. The summed E-state index contributed by atoms with van der Waals surface area (Å²) in [6, 6.07) is 4.90. The first kappa shape index (κ1) is 21.6. The second-order valence-electron chi connectivity index (χ2n) is 5.18. The first-order valence-corrected chi connectivity index (χ1v) is 6.99. The third-order valence-electron chi connectivity index (χ3n) is 2.77. The Kier molecular flexibility index (Phi) is 9.72. The van der Waals surface area contributed by atoms with Crippen LogP contribution in [0.2, 0.25) is 0 Å². The van der Waals surface area contributed by atoms with Crippen LogP contribution >= 0.6 is 24.0 Å². The average Bonchev–Trinajstić information content (AvgIpc) is 2.42. The number of aliphatic imine (C=N–C) groups is 1. The van der Waals surface area contributed by atoms with Crippen LogP contribution in [0, 0.1) is 17.8 Å². The second kappa shape index (κ2) is 10.4. The molecule has 1 aromatic rings. The molecule has 0 bridgehead atoms. The van der Waals surface area contributed by atoms with Crippen LogP contribution in [0.4, 0.5) is 13.2 Å². The monoisotopic (exact) mass is 439 g/mol. The molecule has 0 saturated heterocycles. The predicted octanol–water partition coefficient (Wildman–Crippen LogP) is 3.63. The van der Waals surface area contributed by atoms with Crippen LogP contribution in [0.1, 0.15) is 31.4 Å². The van der Waals surface area contributed by atoms with E-state index in [1.165, 1.54) is 12.1 Å². The molecule has 0 saturated carbocycles. The lowest BCUT2D eigenvalue weighted by atomic mass is 10.1. The Morgan fingerprint density at radius 1 is 1.35 bits per heavy atom. The summed E-state index contributed by atoms with van der Waals surface area (Å²) in [5, 5.41) is 2.80. The van der Waals surface area contributed by atoms with Crippen molar-refractivity contribution >= 4 is 29.9 Å². The topological polar surface area (TPSA) is 50.4 Å². The zero-order chi connectivity index (χ0) is 16.6. The number of nitrogens with two attached hydrogens (primary N) is 1. The Balaban J connectivity index is 0.00000484. The highest BCUT2D eigenvalue weighted by Crippen LogP contribution is 2.29. The van der Waals surface area contributed by atoms with E-state index in [0.29, 0.717) is 24.0 Å². The lowest BCUT2D eigenvalue weighted by Crippen LogP contribution is -2.32. The van der Waals surface area contributed by atoms with E-state index in [4.69, 9.17) is 5.73 Å². The van der Waals surface area contributed by atoms with Crippen LogP contribution < -0.4 is 11.1 Å². The number of nitrogens with one attached hydrogen (secondary N) is 1. The molecule has 7 heteroatoms. The predicted molar refractivity (Wildman–Crippen MR) is 97.7 cm³/mol. The van der Waals surface area contributed by atoms with Crippen LogP contribution in [-0.4, -0.2) is 19.0 Å². The quantitative estimate of drug-likeness (QED) is 0.326. The second-order valence-corrected chi connectivity index (χ2v) is 5.18. The maximum Gasteiger partial charge on any atom is 0.416 e. The molecule has 0 aromatic heterocycles. The van der Waals surface area contributed by atoms with E-state index in [0.717, 1.165) is 18.6 Å². The molecule has 1 rings (SSSR count). The standard InChI is InChI=1S/C16H20F3N3.HI/c1-12(2)8-10-22-15(20)21-9-4-6-13-5-3-7-14(11-13)16(17,18)19;/h3,5,7,11-12H,8-10H2,1-2H3,(H3,20,21,22);1H. The fourth-order valence-electron chi connectivity index (χ4n) is 1.55. The van der Waals surface area contributed by atoms with E-state index in [9.17, 15) is 13.2 Å². The molecule has 128 valence electrons. The third-order valence-corrected chi connectivity index (χ3v) is 2.77. The molecule has 0 heterocycles. The molecule has 0 fully saturated rings. The van der Waals surface area contributed by atoms with Gasteiger partial charge in [0.2, 0.25) is 0 Å². The van der Waals surface area contributed by atoms with Crippen molar-refractivity contribution < 1.29 is 13.2 Å². The van der Waals surface area contributed by atoms with Crippen LogP contribution in [0.3, 0.4) is 0 Å². The molecule has 3 N–H and O–H groups in total. The van der Waals surface area contributed by atoms with E-state index in [-0.39, 0.29) is 30.5 Å². The summed E-state index contributed by atoms with van der Waals surface area (Å²) in [6.45, 7) is 5.06. The molecular formula is C16H21F3IN3. The number of guanidine groups is 1. The Hall–Kier alpha value is -1.43. The van der Waals surface area contributed by atoms with Crippen LogP contribution in [0.25, 0.3) is 0 Å². The summed E-state index contributed by atoms with van der Waals surface area (Å²) in [5.41, 5.74) is 5.25. The van der Waals surface area contributed by atoms with Gasteiger partial charge in [-0.1, -0.05) is 31.8 Å². The molecule has 0 radical (unpaired) electrons. The number of alkyl halides is 3. The third kappa shape index (κ3) is 9.33. The Morgan fingerprint density at radius 2 is 2.04 bits per heavy atom. The summed E-state index contributed by atoms with van der Waals surface area (Å²) < 4.78 is 37.6. The number of hydrogen-bond acceptors (Lipinski definition) is 1. The normalized spacial score (nSPS) is 11.5. The SMILES string of the molecule is CC(C)CCN=C(N)NCC#Cc1cccc(C(F)(F)F)c1.I. The van der Waals surface area contributed by atoms with Crippen molar-refractivity contribution in [3.8, 4) is 11.8 Å². The molecule has 3 nitrogen and oxygen atoms in total. The Bertz CT molecular complexity index is 572. The fraction of sp³-hybridized carbons (Fsp3) is 0.438. The molecule has 23 heavy (non-hydrogen) atoms. The van der Waals surface area contributed by atoms with Crippen LogP contribution in [0.15, 0.2) is 29.3 Å². The Morgan fingerprint density at radius 3 is 2.65 bits per heavy atom. The van der Waals surface area contributed by atoms with Crippen molar-refractivity contribution in [3.63, 3.8) is 0 Å². The lowest BCUT2D eigenvalue weighted by Gasteiger charge is -2.05. The van der Waals surface area contributed by atoms with Gasteiger partial charge in [-0.3, -0.25) is 4.99 Å². The Labute approximate surface area is 152 Å². The van der Waals surface area contributed by atoms with Gasteiger partial charge in [-0.15, -0.1) is 24.0 Å². The van der Waals surface area contributed by atoms with Crippen molar-refractivity contribution in [3.05, 3.63) is 35.4 Å². The molecule has 0 unspecified atom stereocenters. The van der Waals surface area contributed by atoms with Gasteiger partial charge in [0, 0.05) is 12.1 Å². The molecule has 0 atom stereocenters. The van der Waals surface area contributed by atoms with Crippen molar-refractivity contribution in [2.24, 2.45) is 16.6 Å². The van der Waals surface area contributed by atoms with Crippen molar-refractivity contribution in [2.75, 3.05) is 13.1 Å². The first-order valence-electron chi connectivity index (χ1n) is 6.99. The van der Waals surface area contributed by atoms with Gasteiger partial charge in [0.1, 0.15) is 0 Å². The van der Waals surface area contributed by atoms with Gasteiger partial charge >= 0.3 is 6.18 Å². The summed E-state index contributed by atoms with van der Waals surface area (Å²) >= 11 is 0. The van der Waals surface area contributed by atoms with E-state index < -0.39 is 11.7 Å². The molecule has 0 aliphatic carbocycles. The van der Waals surface area contributed by atoms with E-state index in [1.807, 2.05) is 0 Å².